The van der Waals surface area contributed by atoms with Gasteiger partial charge in [-0.15, -0.1) is 22.7 Å². The van der Waals surface area contributed by atoms with E-state index in [1.54, 1.807) is 42.8 Å². The third-order valence-corrected chi connectivity index (χ3v) is 6.70. The van der Waals surface area contributed by atoms with E-state index < -0.39 is 5.97 Å². The molecule has 0 fully saturated rings. The molecule has 9 heteroatoms. The third-order valence-electron chi connectivity index (χ3n) is 4.45. The molecular weight excluding hydrogens is 425 g/mol. The predicted molar refractivity (Wildman–Crippen MR) is 117 cm³/mol. The zero-order valence-electron chi connectivity index (χ0n) is 16.5. The molecule has 0 saturated heterocycles. The minimum atomic E-state index is -0.391. The Morgan fingerprint density at radius 3 is 2.60 bits per heavy atom. The first kappa shape index (κ1) is 20.2. The van der Waals surface area contributed by atoms with Gasteiger partial charge in [0.2, 0.25) is 0 Å². The van der Waals surface area contributed by atoms with E-state index in [4.69, 9.17) is 4.74 Å². The van der Waals surface area contributed by atoms with E-state index in [2.05, 4.69) is 10.4 Å². The Hall–Kier alpha value is -3.04. The fourth-order valence-electron chi connectivity index (χ4n) is 3.03. The van der Waals surface area contributed by atoms with E-state index in [1.165, 1.54) is 34.8 Å². The van der Waals surface area contributed by atoms with Crippen LogP contribution in [0, 0.1) is 19.7 Å². The number of aromatic nitrogens is 2. The van der Waals surface area contributed by atoms with E-state index in [1.807, 2.05) is 6.92 Å². The number of rotatable bonds is 5. The van der Waals surface area contributed by atoms with Gasteiger partial charge in [0.15, 0.2) is 0 Å². The number of carbonyl (C=O) groups excluding carboxylic acids is 2. The van der Waals surface area contributed by atoms with Crippen LogP contribution in [-0.2, 0) is 4.74 Å². The summed E-state index contributed by atoms with van der Waals surface area (Å²) in [7, 11) is 0. The molecule has 0 aliphatic carbocycles. The number of fused-ring (bicyclic) bond motifs is 1. The molecule has 1 amide bonds. The lowest BCUT2D eigenvalue weighted by molar-refractivity contribution is 0.0531. The highest BCUT2D eigenvalue weighted by Gasteiger charge is 2.20. The quantitative estimate of drug-likeness (QED) is 0.423. The van der Waals surface area contributed by atoms with Crippen molar-refractivity contribution in [2.75, 3.05) is 11.9 Å². The summed E-state index contributed by atoms with van der Waals surface area (Å²) in [6, 6.07) is 9.59. The van der Waals surface area contributed by atoms with Crippen molar-refractivity contribution < 1.29 is 18.7 Å². The van der Waals surface area contributed by atoms with Crippen molar-refractivity contribution in [3.8, 4) is 5.69 Å². The molecule has 0 aliphatic heterocycles. The first-order chi connectivity index (χ1) is 14.4. The van der Waals surface area contributed by atoms with Crippen LogP contribution in [0.15, 0.2) is 36.4 Å². The SMILES string of the molecule is CCOC(=O)c1sc(NC(=O)c2cc3c(C)nn(-c4ccc(F)cc4)c3s2)cc1C. The number of nitrogens with one attached hydrogen (secondary N) is 1. The maximum Gasteiger partial charge on any atom is 0.348 e. The summed E-state index contributed by atoms with van der Waals surface area (Å²) >= 11 is 2.49. The second-order valence-corrected chi connectivity index (χ2v) is 8.68. The summed E-state index contributed by atoms with van der Waals surface area (Å²) < 4.78 is 20.0. The number of hydrogen-bond donors (Lipinski definition) is 1. The summed E-state index contributed by atoms with van der Waals surface area (Å²) in [5.41, 5.74) is 2.25. The number of thiophene rings is 2. The Morgan fingerprint density at radius 1 is 1.17 bits per heavy atom. The van der Waals surface area contributed by atoms with E-state index in [0.29, 0.717) is 21.4 Å². The molecule has 1 aromatic carbocycles. The van der Waals surface area contributed by atoms with E-state index in [-0.39, 0.29) is 11.7 Å². The zero-order valence-corrected chi connectivity index (χ0v) is 18.1. The van der Waals surface area contributed by atoms with Crippen molar-refractivity contribution >= 4 is 49.8 Å². The smallest absolute Gasteiger partial charge is 0.348 e. The summed E-state index contributed by atoms with van der Waals surface area (Å²) in [6.45, 7) is 5.72. The number of anilines is 1. The molecule has 0 atom stereocenters. The molecule has 4 rings (SSSR count). The normalized spacial score (nSPS) is 11.1. The standard InChI is InChI=1S/C21H18FN3O3S2/c1-4-28-21(27)18-11(2)9-17(30-18)23-19(26)16-10-15-12(3)24-25(20(15)29-16)14-7-5-13(22)6-8-14/h5-10H,4H2,1-3H3,(H,23,26). The number of aryl methyl sites for hydroxylation is 2. The highest BCUT2D eigenvalue weighted by Crippen LogP contribution is 2.32. The topological polar surface area (TPSA) is 73.2 Å². The second kappa shape index (κ2) is 8.00. The fourth-order valence-corrected chi connectivity index (χ4v) is 5.07. The molecule has 6 nitrogen and oxygen atoms in total. The third kappa shape index (κ3) is 3.73. The molecule has 154 valence electrons. The van der Waals surface area contributed by atoms with Gasteiger partial charge in [0.1, 0.15) is 15.5 Å². The van der Waals surface area contributed by atoms with E-state index >= 15 is 0 Å². The Morgan fingerprint density at radius 2 is 1.90 bits per heavy atom. The minimum absolute atomic E-state index is 0.266. The minimum Gasteiger partial charge on any atom is -0.462 e. The average Bonchev–Trinajstić information content (AvgIpc) is 3.38. The number of halogens is 1. The molecule has 0 unspecified atom stereocenters. The monoisotopic (exact) mass is 443 g/mol. The molecular formula is C21H18FN3O3S2. The lowest BCUT2D eigenvalue weighted by Crippen LogP contribution is -2.08. The van der Waals surface area contributed by atoms with Gasteiger partial charge >= 0.3 is 5.97 Å². The number of nitrogens with zero attached hydrogens (tertiary/aromatic N) is 2. The van der Waals surface area contributed by atoms with Crippen molar-refractivity contribution in [1.82, 2.24) is 9.78 Å². The molecule has 0 saturated carbocycles. The van der Waals surface area contributed by atoms with Crippen LogP contribution < -0.4 is 5.32 Å². The average molecular weight is 444 g/mol. The number of ether oxygens (including phenoxy) is 1. The number of benzene rings is 1. The molecule has 0 radical (unpaired) electrons. The molecule has 3 aromatic heterocycles. The van der Waals surface area contributed by atoms with Crippen molar-refractivity contribution in [2.24, 2.45) is 0 Å². The van der Waals surface area contributed by atoms with Crippen molar-refractivity contribution in [1.29, 1.82) is 0 Å². The van der Waals surface area contributed by atoms with Crippen LogP contribution in [0.2, 0.25) is 0 Å². The van der Waals surface area contributed by atoms with Gasteiger partial charge in [-0.05, 0) is 62.7 Å². The van der Waals surface area contributed by atoms with E-state index in [9.17, 15) is 14.0 Å². The maximum atomic E-state index is 13.3. The molecule has 0 bridgehead atoms. The van der Waals surface area contributed by atoms with Gasteiger partial charge < -0.3 is 10.1 Å². The summed E-state index contributed by atoms with van der Waals surface area (Å²) in [5.74, 6) is -0.978. The Kier molecular flexibility index (Phi) is 5.40. The molecule has 3 heterocycles. The van der Waals surface area contributed by atoms with Crippen LogP contribution in [-0.4, -0.2) is 28.3 Å². The van der Waals surface area contributed by atoms with Gasteiger partial charge in [0, 0.05) is 5.39 Å². The van der Waals surface area contributed by atoms with Gasteiger partial charge in [0.25, 0.3) is 5.91 Å². The maximum absolute atomic E-state index is 13.3. The first-order valence-electron chi connectivity index (χ1n) is 9.21. The Labute approximate surface area is 179 Å². The number of esters is 1. The van der Waals surface area contributed by atoms with Crippen LogP contribution in [0.5, 0.6) is 0 Å². The van der Waals surface area contributed by atoms with Crippen molar-refractivity contribution in [3.05, 3.63) is 63.2 Å². The van der Waals surface area contributed by atoms with Crippen LogP contribution in [0.3, 0.4) is 0 Å². The van der Waals surface area contributed by atoms with E-state index in [0.717, 1.165) is 27.2 Å². The first-order valence-corrected chi connectivity index (χ1v) is 10.8. The van der Waals surface area contributed by atoms with Crippen LogP contribution >= 0.6 is 22.7 Å². The lowest BCUT2D eigenvalue weighted by atomic mass is 10.3. The Balaban J connectivity index is 1.62. The van der Waals surface area contributed by atoms with Crippen molar-refractivity contribution in [3.63, 3.8) is 0 Å². The lowest BCUT2D eigenvalue weighted by Gasteiger charge is -2.02. The Bertz CT molecular complexity index is 1250. The molecule has 30 heavy (non-hydrogen) atoms. The molecule has 4 aromatic rings. The number of amides is 1. The summed E-state index contributed by atoms with van der Waals surface area (Å²) in [6.07, 6.45) is 0. The summed E-state index contributed by atoms with van der Waals surface area (Å²) in [5, 5.41) is 8.81. The van der Waals surface area contributed by atoms with Crippen LogP contribution in [0.25, 0.3) is 15.9 Å². The largest absolute Gasteiger partial charge is 0.462 e. The zero-order chi connectivity index (χ0) is 21.4. The van der Waals surface area contributed by atoms with Gasteiger partial charge in [-0.2, -0.15) is 5.10 Å². The number of carbonyl (C=O) groups is 2. The predicted octanol–water partition coefficient (Wildman–Crippen LogP) is 5.33. The van der Waals surface area contributed by atoms with Gasteiger partial charge in [-0.3, -0.25) is 4.79 Å². The fraction of sp³-hybridized carbons (Fsp3) is 0.190. The summed E-state index contributed by atoms with van der Waals surface area (Å²) in [4.78, 5) is 26.6. The van der Waals surface area contributed by atoms with Crippen molar-refractivity contribution in [2.45, 2.75) is 20.8 Å². The van der Waals surface area contributed by atoms with Crippen LogP contribution in [0.1, 0.15) is 37.5 Å². The highest BCUT2D eigenvalue weighted by atomic mass is 32.1. The number of hydrogen-bond acceptors (Lipinski definition) is 6. The van der Waals surface area contributed by atoms with Gasteiger partial charge in [0.05, 0.1) is 27.9 Å². The van der Waals surface area contributed by atoms with Gasteiger partial charge in [-0.25, -0.2) is 13.9 Å². The molecule has 0 spiro atoms. The van der Waals surface area contributed by atoms with Gasteiger partial charge in [-0.1, -0.05) is 0 Å². The van der Waals surface area contributed by atoms with Crippen LogP contribution in [0.4, 0.5) is 9.39 Å². The second-order valence-electron chi connectivity index (χ2n) is 6.60. The molecule has 0 aliphatic rings. The highest BCUT2D eigenvalue weighted by molar-refractivity contribution is 7.21. The molecule has 1 N–H and O–H groups in total.